The number of nitrogens with one attached hydrogen (secondary N) is 2. The Morgan fingerprint density at radius 2 is 1.67 bits per heavy atom. The van der Waals surface area contributed by atoms with Crippen molar-refractivity contribution in [2.75, 3.05) is 13.2 Å². The van der Waals surface area contributed by atoms with Gasteiger partial charge < -0.3 is 15.4 Å². The molecular formula is C16H26N2O3. The molecular weight excluding hydrogens is 268 g/mol. The third kappa shape index (κ3) is 3.33. The van der Waals surface area contributed by atoms with Crippen LogP contribution >= 0.6 is 0 Å². The quantitative estimate of drug-likeness (QED) is 0.764. The van der Waals surface area contributed by atoms with Gasteiger partial charge in [0.05, 0.1) is 13.0 Å². The van der Waals surface area contributed by atoms with Gasteiger partial charge in [0.15, 0.2) is 0 Å². The highest BCUT2D eigenvalue weighted by molar-refractivity contribution is 5.76. The molecule has 118 valence electrons. The third-order valence-electron chi connectivity index (χ3n) is 5.34. The highest BCUT2D eigenvalue weighted by Gasteiger charge is 2.51. The first-order valence-corrected chi connectivity index (χ1v) is 8.30. The van der Waals surface area contributed by atoms with E-state index in [1.54, 1.807) is 6.92 Å². The summed E-state index contributed by atoms with van der Waals surface area (Å²) >= 11 is 0. The molecule has 4 aliphatic rings. The molecule has 4 saturated carbocycles. The lowest BCUT2D eigenvalue weighted by atomic mass is 9.53. The van der Waals surface area contributed by atoms with Crippen LogP contribution in [0.4, 0.5) is 4.79 Å². The summed E-state index contributed by atoms with van der Waals surface area (Å²) in [5, 5.41) is 6.02. The number of carbonyl (C=O) groups excluding carboxylic acids is 2. The minimum Gasteiger partial charge on any atom is -0.466 e. The molecule has 0 aliphatic heterocycles. The average Bonchev–Trinajstić information content (AvgIpc) is 2.36. The first-order chi connectivity index (χ1) is 10.1. The van der Waals surface area contributed by atoms with E-state index in [9.17, 15) is 9.59 Å². The molecule has 0 radical (unpaired) electrons. The Bertz CT molecular complexity index is 386. The maximum atomic E-state index is 12.1. The monoisotopic (exact) mass is 294 g/mol. The Labute approximate surface area is 126 Å². The number of hydrogen-bond acceptors (Lipinski definition) is 3. The first kappa shape index (κ1) is 14.7. The minimum atomic E-state index is -0.257. The highest BCUT2D eigenvalue weighted by atomic mass is 16.5. The van der Waals surface area contributed by atoms with Crippen LogP contribution in [-0.4, -0.2) is 30.7 Å². The lowest BCUT2D eigenvalue weighted by Gasteiger charge is -2.56. The molecule has 4 aliphatic carbocycles. The zero-order valence-electron chi connectivity index (χ0n) is 12.8. The Hall–Kier alpha value is -1.26. The van der Waals surface area contributed by atoms with Crippen molar-refractivity contribution in [2.24, 2.45) is 17.8 Å². The number of urea groups is 1. The van der Waals surface area contributed by atoms with E-state index in [-0.39, 0.29) is 24.0 Å². The van der Waals surface area contributed by atoms with E-state index in [4.69, 9.17) is 4.74 Å². The topological polar surface area (TPSA) is 67.4 Å². The van der Waals surface area contributed by atoms with Crippen LogP contribution in [0.5, 0.6) is 0 Å². The molecule has 0 heterocycles. The lowest BCUT2D eigenvalue weighted by molar-refractivity contribution is -0.142. The molecule has 4 bridgehead atoms. The predicted octanol–water partition coefficient (Wildman–Crippen LogP) is 2.21. The van der Waals surface area contributed by atoms with Crippen LogP contribution in [0.15, 0.2) is 0 Å². The van der Waals surface area contributed by atoms with Crippen LogP contribution < -0.4 is 10.6 Å². The second-order valence-corrected chi connectivity index (χ2v) is 7.13. The first-order valence-electron chi connectivity index (χ1n) is 8.30. The van der Waals surface area contributed by atoms with Gasteiger partial charge in [-0.1, -0.05) is 0 Å². The summed E-state index contributed by atoms with van der Waals surface area (Å²) in [6.45, 7) is 2.51. The molecule has 0 saturated heterocycles. The molecule has 2 amide bonds. The van der Waals surface area contributed by atoms with Gasteiger partial charge in [0, 0.05) is 12.1 Å². The van der Waals surface area contributed by atoms with Gasteiger partial charge in [0.2, 0.25) is 0 Å². The summed E-state index contributed by atoms with van der Waals surface area (Å²) in [5.41, 5.74) is 0.0305. The molecule has 0 aromatic heterocycles. The van der Waals surface area contributed by atoms with E-state index in [0.29, 0.717) is 13.2 Å². The Balaban J connectivity index is 1.46. The lowest BCUT2D eigenvalue weighted by Crippen LogP contribution is -2.61. The Kier molecular flexibility index (Phi) is 4.09. The van der Waals surface area contributed by atoms with Crippen molar-refractivity contribution >= 4 is 12.0 Å². The molecule has 5 heteroatoms. The number of ether oxygens (including phenoxy) is 1. The fraction of sp³-hybridized carbons (Fsp3) is 0.875. The van der Waals surface area contributed by atoms with Gasteiger partial charge in [0.25, 0.3) is 0 Å². The van der Waals surface area contributed by atoms with Crippen molar-refractivity contribution in [2.45, 2.75) is 57.4 Å². The molecule has 2 N–H and O–H groups in total. The fourth-order valence-corrected chi connectivity index (χ4v) is 5.06. The van der Waals surface area contributed by atoms with Crippen molar-refractivity contribution < 1.29 is 14.3 Å². The normalized spacial score (nSPS) is 36.3. The van der Waals surface area contributed by atoms with Crippen LogP contribution in [-0.2, 0) is 9.53 Å². The average molecular weight is 294 g/mol. The Morgan fingerprint density at radius 1 is 1.10 bits per heavy atom. The molecule has 5 nitrogen and oxygen atoms in total. The number of hydrogen-bond donors (Lipinski definition) is 2. The van der Waals surface area contributed by atoms with Gasteiger partial charge >= 0.3 is 12.0 Å². The van der Waals surface area contributed by atoms with Crippen LogP contribution in [0.2, 0.25) is 0 Å². The zero-order valence-corrected chi connectivity index (χ0v) is 12.8. The molecule has 4 rings (SSSR count). The van der Waals surface area contributed by atoms with E-state index in [0.717, 1.165) is 37.0 Å². The van der Waals surface area contributed by atoms with Gasteiger partial charge in [-0.05, 0) is 63.2 Å². The molecule has 0 aromatic rings. The zero-order chi connectivity index (χ0) is 14.9. The van der Waals surface area contributed by atoms with E-state index in [1.807, 2.05) is 0 Å². The highest BCUT2D eigenvalue weighted by Crippen LogP contribution is 2.55. The molecule has 4 fully saturated rings. The van der Waals surface area contributed by atoms with Crippen LogP contribution in [0.3, 0.4) is 0 Å². The SMILES string of the molecule is CCOC(=O)CCNC(=O)NC12CC3CC(CC(C3)C1)C2. The smallest absolute Gasteiger partial charge is 0.315 e. The number of esters is 1. The van der Waals surface area contributed by atoms with Gasteiger partial charge in [-0.25, -0.2) is 4.79 Å². The van der Waals surface area contributed by atoms with Crippen LogP contribution in [0.1, 0.15) is 51.9 Å². The molecule has 0 aromatic carbocycles. The standard InChI is InChI=1S/C16H26N2O3/c1-2-21-14(19)3-4-17-15(20)18-16-8-11-5-12(9-16)7-13(6-11)10-16/h11-13H,2-10H2,1H3,(H2,17,18,20). The molecule has 0 atom stereocenters. The maximum Gasteiger partial charge on any atom is 0.315 e. The fourth-order valence-electron chi connectivity index (χ4n) is 5.06. The maximum absolute atomic E-state index is 12.1. The van der Waals surface area contributed by atoms with E-state index in [1.165, 1.54) is 19.3 Å². The van der Waals surface area contributed by atoms with Crippen molar-refractivity contribution in [3.05, 3.63) is 0 Å². The predicted molar refractivity (Wildman–Crippen MR) is 78.7 cm³/mol. The van der Waals surface area contributed by atoms with E-state index in [2.05, 4.69) is 10.6 Å². The largest absolute Gasteiger partial charge is 0.466 e. The van der Waals surface area contributed by atoms with Crippen molar-refractivity contribution in [1.82, 2.24) is 10.6 Å². The third-order valence-corrected chi connectivity index (χ3v) is 5.34. The van der Waals surface area contributed by atoms with Gasteiger partial charge in [-0.2, -0.15) is 0 Å². The van der Waals surface area contributed by atoms with E-state index < -0.39 is 0 Å². The Morgan fingerprint density at radius 3 is 2.19 bits per heavy atom. The molecule has 0 unspecified atom stereocenters. The summed E-state index contributed by atoms with van der Waals surface area (Å²) < 4.78 is 4.85. The number of carbonyl (C=O) groups is 2. The van der Waals surface area contributed by atoms with Gasteiger partial charge in [-0.3, -0.25) is 4.79 Å². The van der Waals surface area contributed by atoms with Crippen molar-refractivity contribution in [1.29, 1.82) is 0 Å². The van der Waals surface area contributed by atoms with Crippen molar-refractivity contribution in [3.8, 4) is 0 Å². The number of rotatable bonds is 5. The summed E-state index contributed by atoms with van der Waals surface area (Å²) in [4.78, 5) is 23.3. The summed E-state index contributed by atoms with van der Waals surface area (Å²) in [5.74, 6) is 2.19. The summed E-state index contributed by atoms with van der Waals surface area (Å²) in [7, 11) is 0. The second-order valence-electron chi connectivity index (χ2n) is 7.13. The number of amides is 2. The van der Waals surface area contributed by atoms with Gasteiger partial charge in [0.1, 0.15) is 0 Å². The molecule has 0 spiro atoms. The summed E-state index contributed by atoms with van der Waals surface area (Å²) in [6, 6.07) is -0.124. The molecule has 21 heavy (non-hydrogen) atoms. The second kappa shape index (κ2) is 5.85. The minimum absolute atomic E-state index is 0.0305. The van der Waals surface area contributed by atoms with Gasteiger partial charge in [-0.15, -0.1) is 0 Å². The van der Waals surface area contributed by atoms with Crippen molar-refractivity contribution in [3.63, 3.8) is 0 Å². The summed E-state index contributed by atoms with van der Waals surface area (Å²) in [6.07, 6.45) is 7.77. The van der Waals surface area contributed by atoms with Crippen LogP contribution in [0, 0.1) is 17.8 Å². The van der Waals surface area contributed by atoms with E-state index >= 15 is 0 Å². The van der Waals surface area contributed by atoms with Crippen LogP contribution in [0.25, 0.3) is 0 Å².